The van der Waals surface area contributed by atoms with Gasteiger partial charge in [0.15, 0.2) is 0 Å². The number of nitrogens with zero attached hydrogens (tertiary/aromatic N) is 1. The number of carbonyl (C=O) groups is 2. The number of ether oxygens (including phenoxy) is 1. The van der Waals surface area contributed by atoms with E-state index < -0.39 is 17.4 Å². The maximum Gasteiger partial charge on any atom is 0.262 e. The topological polar surface area (TPSA) is 103 Å². The van der Waals surface area contributed by atoms with E-state index in [0.717, 1.165) is 10.6 Å². The number of hydrogen-bond donors (Lipinski definition) is 2. The van der Waals surface area contributed by atoms with Gasteiger partial charge in [-0.3, -0.25) is 24.3 Å². The van der Waals surface area contributed by atoms with Crippen molar-refractivity contribution in [1.82, 2.24) is 9.88 Å². The molecule has 2 amide bonds. The van der Waals surface area contributed by atoms with E-state index in [4.69, 9.17) is 10.5 Å². The molecule has 3 rings (SSSR count). The molecule has 0 saturated carbocycles. The van der Waals surface area contributed by atoms with Gasteiger partial charge in [-0.1, -0.05) is 12.1 Å². The van der Waals surface area contributed by atoms with Gasteiger partial charge in [-0.25, -0.2) is 0 Å². The highest BCUT2D eigenvalue weighted by atomic mass is 16.5. The maximum atomic E-state index is 12.3. The molecule has 1 aliphatic rings. The van der Waals surface area contributed by atoms with Gasteiger partial charge in [0.2, 0.25) is 0 Å². The third kappa shape index (κ3) is 1.78. The Morgan fingerprint density at radius 3 is 2.57 bits per heavy atom. The second-order valence-electron chi connectivity index (χ2n) is 4.45. The molecule has 0 fully saturated rings. The number of amides is 2. The largest absolute Gasteiger partial charge is 0.495 e. The molecule has 0 atom stereocenters. The van der Waals surface area contributed by atoms with Gasteiger partial charge in [0.05, 0.1) is 23.9 Å². The SMILES string of the molecule is COc1ccccc1-n1c(N)c2c(cc1=O)C(=O)NC2=O. The molecule has 7 nitrogen and oxygen atoms in total. The fourth-order valence-corrected chi connectivity index (χ4v) is 2.34. The van der Waals surface area contributed by atoms with Crippen molar-refractivity contribution < 1.29 is 14.3 Å². The molecule has 3 N–H and O–H groups in total. The molecule has 0 saturated heterocycles. The monoisotopic (exact) mass is 285 g/mol. The summed E-state index contributed by atoms with van der Waals surface area (Å²) in [7, 11) is 1.46. The quantitative estimate of drug-likeness (QED) is 0.773. The molecule has 21 heavy (non-hydrogen) atoms. The van der Waals surface area contributed by atoms with Crippen LogP contribution in [0.5, 0.6) is 5.75 Å². The number of hydrogen-bond acceptors (Lipinski definition) is 5. The summed E-state index contributed by atoms with van der Waals surface area (Å²) < 4.78 is 6.34. The molecule has 0 aliphatic carbocycles. The van der Waals surface area contributed by atoms with Crippen molar-refractivity contribution in [2.24, 2.45) is 0 Å². The number of para-hydroxylation sites is 2. The number of fused-ring (bicyclic) bond motifs is 1. The lowest BCUT2D eigenvalue weighted by Gasteiger charge is -2.14. The number of methoxy groups -OCH3 is 1. The number of anilines is 1. The van der Waals surface area contributed by atoms with Crippen molar-refractivity contribution in [3.05, 3.63) is 51.8 Å². The van der Waals surface area contributed by atoms with Gasteiger partial charge in [0.25, 0.3) is 17.4 Å². The normalized spacial score (nSPS) is 13.0. The van der Waals surface area contributed by atoms with Crippen LogP contribution in [0.15, 0.2) is 35.1 Å². The van der Waals surface area contributed by atoms with Crippen LogP contribution in [0.1, 0.15) is 20.7 Å². The van der Waals surface area contributed by atoms with Crippen LogP contribution < -0.4 is 21.3 Å². The molecule has 106 valence electrons. The van der Waals surface area contributed by atoms with E-state index in [-0.39, 0.29) is 16.9 Å². The molecule has 0 spiro atoms. The van der Waals surface area contributed by atoms with E-state index in [9.17, 15) is 14.4 Å². The first-order valence-corrected chi connectivity index (χ1v) is 6.09. The number of benzene rings is 1. The Kier molecular flexibility index (Phi) is 2.76. The van der Waals surface area contributed by atoms with Crippen LogP contribution in [-0.2, 0) is 0 Å². The minimum Gasteiger partial charge on any atom is -0.495 e. The van der Waals surface area contributed by atoms with Crippen molar-refractivity contribution in [3.63, 3.8) is 0 Å². The molecule has 1 aromatic heterocycles. The lowest BCUT2D eigenvalue weighted by molar-refractivity contribution is 0.0880. The van der Waals surface area contributed by atoms with Crippen molar-refractivity contribution >= 4 is 17.6 Å². The second-order valence-corrected chi connectivity index (χ2v) is 4.45. The van der Waals surface area contributed by atoms with E-state index in [2.05, 4.69) is 5.32 Å². The minimum absolute atomic E-state index is 0.00510. The fourth-order valence-electron chi connectivity index (χ4n) is 2.34. The van der Waals surface area contributed by atoms with Gasteiger partial charge in [0.1, 0.15) is 11.6 Å². The average Bonchev–Trinajstić information content (AvgIpc) is 2.74. The molecule has 7 heteroatoms. The van der Waals surface area contributed by atoms with Crippen molar-refractivity contribution in [3.8, 4) is 11.4 Å². The molecule has 2 heterocycles. The van der Waals surface area contributed by atoms with Crippen molar-refractivity contribution in [2.75, 3.05) is 12.8 Å². The smallest absolute Gasteiger partial charge is 0.262 e. The van der Waals surface area contributed by atoms with Crippen LogP contribution in [-0.4, -0.2) is 23.5 Å². The number of imide groups is 1. The summed E-state index contributed by atoms with van der Waals surface area (Å²) in [6, 6.07) is 7.85. The number of carbonyl (C=O) groups excluding carboxylic acids is 2. The number of aromatic nitrogens is 1. The van der Waals surface area contributed by atoms with Crippen molar-refractivity contribution in [1.29, 1.82) is 0 Å². The summed E-state index contributed by atoms with van der Waals surface area (Å²) in [4.78, 5) is 35.6. The van der Waals surface area contributed by atoms with Crippen LogP contribution >= 0.6 is 0 Å². The lowest BCUT2D eigenvalue weighted by atomic mass is 10.1. The Balaban J connectivity index is 2.36. The number of rotatable bonds is 2. The zero-order valence-corrected chi connectivity index (χ0v) is 11.0. The van der Waals surface area contributed by atoms with E-state index in [1.54, 1.807) is 24.3 Å². The molecular formula is C14H11N3O4. The van der Waals surface area contributed by atoms with Crippen LogP contribution in [0, 0.1) is 0 Å². The third-order valence-corrected chi connectivity index (χ3v) is 3.28. The number of pyridine rings is 1. The molecule has 0 bridgehead atoms. The Hall–Kier alpha value is -3.09. The van der Waals surface area contributed by atoms with Crippen LogP contribution in [0.4, 0.5) is 5.82 Å². The molecule has 2 aromatic rings. The first-order valence-electron chi connectivity index (χ1n) is 6.09. The van der Waals surface area contributed by atoms with Gasteiger partial charge < -0.3 is 10.5 Å². The van der Waals surface area contributed by atoms with E-state index in [1.165, 1.54) is 7.11 Å². The summed E-state index contributed by atoms with van der Waals surface area (Å²) in [6.45, 7) is 0. The Morgan fingerprint density at radius 2 is 1.86 bits per heavy atom. The standard InChI is InChI=1S/C14H11N3O4/c1-21-9-5-3-2-4-8(9)17-10(18)6-7-11(12(17)15)14(20)16-13(7)19/h2-6H,15H2,1H3,(H,16,19,20). The molecule has 0 radical (unpaired) electrons. The average molecular weight is 285 g/mol. The number of nitrogen functional groups attached to an aromatic ring is 1. The molecule has 1 aliphatic heterocycles. The van der Waals surface area contributed by atoms with Gasteiger partial charge in [-0.2, -0.15) is 0 Å². The zero-order valence-electron chi connectivity index (χ0n) is 11.0. The summed E-state index contributed by atoms with van der Waals surface area (Å²) in [5.74, 6) is -0.900. The van der Waals surface area contributed by atoms with E-state index in [0.29, 0.717) is 11.4 Å². The summed E-state index contributed by atoms with van der Waals surface area (Å²) in [6.07, 6.45) is 0. The van der Waals surface area contributed by atoms with Crippen LogP contribution in [0.3, 0.4) is 0 Å². The highest BCUT2D eigenvalue weighted by molar-refractivity contribution is 6.23. The fraction of sp³-hybridized carbons (Fsp3) is 0.0714. The second kappa shape index (κ2) is 4.48. The van der Waals surface area contributed by atoms with E-state index in [1.807, 2.05) is 0 Å². The van der Waals surface area contributed by atoms with Gasteiger partial charge in [0, 0.05) is 6.07 Å². The highest BCUT2D eigenvalue weighted by Gasteiger charge is 2.32. The summed E-state index contributed by atoms with van der Waals surface area (Å²) >= 11 is 0. The van der Waals surface area contributed by atoms with Crippen molar-refractivity contribution in [2.45, 2.75) is 0 Å². The predicted octanol–water partition coefficient (Wildman–Crippen LogP) is 0.312. The molecule has 1 aromatic carbocycles. The number of nitrogens with two attached hydrogens (primary N) is 1. The van der Waals surface area contributed by atoms with Crippen LogP contribution in [0.25, 0.3) is 5.69 Å². The van der Waals surface area contributed by atoms with Crippen LogP contribution in [0.2, 0.25) is 0 Å². The highest BCUT2D eigenvalue weighted by Crippen LogP contribution is 2.27. The molecular weight excluding hydrogens is 274 g/mol. The first kappa shape index (κ1) is 12.9. The lowest BCUT2D eigenvalue weighted by Crippen LogP contribution is -2.24. The summed E-state index contributed by atoms with van der Waals surface area (Å²) in [5, 5.41) is 2.12. The molecule has 0 unspecified atom stereocenters. The first-order chi connectivity index (χ1) is 10.0. The minimum atomic E-state index is -0.619. The van der Waals surface area contributed by atoms with Gasteiger partial charge in [-0.05, 0) is 12.1 Å². The summed E-state index contributed by atoms with van der Waals surface area (Å²) in [5.41, 5.74) is 5.82. The Labute approximate surface area is 118 Å². The van der Waals surface area contributed by atoms with E-state index >= 15 is 0 Å². The Morgan fingerprint density at radius 1 is 1.14 bits per heavy atom. The van der Waals surface area contributed by atoms with Gasteiger partial charge >= 0.3 is 0 Å². The predicted molar refractivity (Wildman–Crippen MR) is 74.8 cm³/mol. The van der Waals surface area contributed by atoms with Gasteiger partial charge in [-0.15, -0.1) is 0 Å². The third-order valence-electron chi connectivity index (χ3n) is 3.28. The number of nitrogens with one attached hydrogen (secondary N) is 1. The zero-order chi connectivity index (χ0) is 15.1. The Bertz CT molecular complexity index is 839. The maximum absolute atomic E-state index is 12.3.